The molecule has 2 rings (SSSR count). The van der Waals surface area contributed by atoms with Crippen LogP contribution in [0.4, 0.5) is 34.6 Å². The number of hydrogen-bond acceptors (Lipinski definition) is 3. The Morgan fingerprint density at radius 1 is 1.10 bits per heavy atom. The SMILES string of the molecule is N#Cc1ccc(Nc2cc(C(F)(F)F)ccc2F)cc1N. The van der Waals surface area contributed by atoms with E-state index in [1.807, 2.05) is 6.07 Å². The maximum atomic E-state index is 13.6. The number of halogens is 4. The molecule has 7 heteroatoms. The second kappa shape index (κ2) is 5.32. The Morgan fingerprint density at radius 2 is 1.81 bits per heavy atom. The summed E-state index contributed by atoms with van der Waals surface area (Å²) < 4.78 is 51.4. The third-order valence-electron chi connectivity index (χ3n) is 2.74. The van der Waals surface area contributed by atoms with Crippen LogP contribution in [0.5, 0.6) is 0 Å². The average Bonchev–Trinajstić information content (AvgIpc) is 2.40. The molecular weight excluding hydrogens is 286 g/mol. The van der Waals surface area contributed by atoms with Crippen LogP contribution in [-0.4, -0.2) is 0 Å². The molecule has 3 N–H and O–H groups in total. The summed E-state index contributed by atoms with van der Waals surface area (Å²) in [5.41, 5.74) is 4.95. The molecule has 0 bridgehead atoms. The fourth-order valence-electron chi connectivity index (χ4n) is 1.70. The van der Waals surface area contributed by atoms with Crippen LogP contribution in [0.3, 0.4) is 0 Å². The predicted octanol–water partition coefficient (Wildman–Crippen LogP) is 4.04. The van der Waals surface area contributed by atoms with E-state index in [-0.39, 0.29) is 22.6 Å². The molecule has 3 nitrogen and oxygen atoms in total. The Kier molecular flexibility index (Phi) is 3.72. The van der Waals surface area contributed by atoms with E-state index >= 15 is 0 Å². The summed E-state index contributed by atoms with van der Waals surface area (Å²) in [7, 11) is 0. The Morgan fingerprint density at radius 3 is 2.38 bits per heavy atom. The van der Waals surface area contributed by atoms with Crippen molar-refractivity contribution in [3.8, 4) is 6.07 Å². The number of nitrogens with one attached hydrogen (secondary N) is 1. The number of nitrogen functional groups attached to an aromatic ring is 1. The summed E-state index contributed by atoms with van der Waals surface area (Å²) in [6, 6.07) is 8.08. The molecule has 2 aromatic carbocycles. The zero-order valence-electron chi connectivity index (χ0n) is 10.5. The highest BCUT2D eigenvalue weighted by atomic mass is 19.4. The van der Waals surface area contributed by atoms with Crippen LogP contribution in [-0.2, 0) is 6.18 Å². The predicted molar refractivity (Wildman–Crippen MR) is 70.3 cm³/mol. The van der Waals surface area contributed by atoms with Crippen LogP contribution in [0, 0.1) is 17.1 Å². The third kappa shape index (κ3) is 3.23. The Hall–Kier alpha value is -2.75. The molecule has 0 spiro atoms. The normalized spacial score (nSPS) is 11.0. The van der Waals surface area contributed by atoms with Gasteiger partial charge in [-0.2, -0.15) is 18.4 Å². The molecule has 0 saturated heterocycles. The van der Waals surface area contributed by atoms with Crippen molar-refractivity contribution in [3.05, 3.63) is 53.3 Å². The van der Waals surface area contributed by atoms with Crippen LogP contribution >= 0.6 is 0 Å². The van der Waals surface area contributed by atoms with Gasteiger partial charge in [0.2, 0.25) is 0 Å². The van der Waals surface area contributed by atoms with Crippen molar-refractivity contribution in [2.75, 3.05) is 11.1 Å². The first kappa shape index (κ1) is 14.7. The van der Waals surface area contributed by atoms with E-state index in [2.05, 4.69) is 5.32 Å². The molecule has 21 heavy (non-hydrogen) atoms. The van der Waals surface area contributed by atoms with Crippen molar-refractivity contribution in [3.63, 3.8) is 0 Å². The maximum absolute atomic E-state index is 13.6. The maximum Gasteiger partial charge on any atom is 0.416 e. The highest BCUT2D eigenvalue weighted by Gasteiger charge is 2.31. The monoisotopic (exact) mass is 295 g/mol. The highest BCUT2D eigenvalue weighted by Crippen LogP contribution is 2.33. The number of hydrogen-bond donors (Lipinski definition) is 2. The van der Waals surface area contributed by atoms with Gasteiger partial charge < -0.3 is 11.1 Å². The van der Waals surface area contributed by atoms with Crippen molar-refractivity contribution in [2.45, 2.75) is 6.18 Å². The van der Waals surface area contributed by atoms with E-state index in [0.29, 0.717) is 12.1 Å². The summed E-state index contributed by atoms with van der Waals surface area (Å²) in [6.45, 7) is 0. The van der Waals surface area contributed by atoms with Crippen LogP contribution in [0.25, 0.3) is 0 Å². The molecule has 0 aromatic heterocycles. The highest BCUT2D eigenvalue weighted by molar-refractivity contribution is 5.68. The van der Waals surface area contributed by atoms with Gasteiger partial charge in [0.25, 0.3) is 0 Å². The van der Waals surface area contributed by atoms with Gasteiger partial charge in [0.1, 0.15) is 11.9 Å². The van der Waals surface area contributed by atoms with Crippen molar-refractivity contribution >= 4 is 17.1 Å². The quantitative estimate of drug-likeness (QED) is 0.649. The summed E-state index contributed by atoms with van der Waals surface area (Å²) in [4.78, 5) is 0. The number of benzene rings is 2. The number of nitrogens with zero attached hydrogens (tertiary/aromatic N) is 1. The van der Waals surface area contributed by atoms with Crippen LogP contribution in [0.15, 0.2) is 36.4 Å². The van der Waals surface area contributed by atoms with E-state index < -0.39 is 17.6 Å². The third-order valence-corrected chi connectivity index (χ3v) is 2.74. The number of nitrogens with two attached hydrogens (primary N) is 1. The molecule has 0 saturated carbocycles. The van der Waals surface area contributed by atoms with E-state index in [9.17, 15) is 17.6 Å². The van der Waals surface area contributed by atoms with E-state index in [4.69, 9.17) is 11.0 Å². The molecule has 0 aliphatic rings. The van der Waals surface area contributed by atoms with E-state index in [1.165, 1.54) is 18.2 Å². The van der Waals surface area contributed by atoms with Gasteiger partial charge in [0.05, 0.1) is 22.5 Å². The molecule has 108 valence electrons. The zero-order valence-corrected chi connectivity index (χ0v) is 10.5. The Balaban J connectivity index is 2.35. The fourth-order valence-corrected chi connectivity index (χ4v) is 1.70. The number of rotatable bonds is 2. The van der Waals surface area contributed by atoms with Gasteiger partial charge in [-0.3, -0.25) is 0 Å². The summed E-state index contributed by atoms with van der Waals surface area (Å²) >= 11 is 0. The van der Waals surface area contributed by atoms with E-state index in [0.717, 1.165) is 6.07 Å². The van der Waals surface area contributed by atoms with Gasteiger partial charge in [-0.15, -0.1) is 0 Å². The van der Waals surface area contributed by atoms with E-state index in [1.54, 1.807) is 0 Å². The van der Waals surface area contributed by atoms with Crippen LogP contribution in [0.1, 0.15) is 11.1 Å². The molecule has 0 heterocycles. The second-order valence-corrected chi connectivity index (χ2v) is 4.23. The Labute approximate surface area is 117 Å². The van der Waals surface area contributed by atoms with Crippen molar-refractivity contribution in [1.29, 1.82) is 5.26 Å². The summed E-state index contributed by atoms with van der Waals surface area (Å²) in [5.74, 6) is -0.828. The van der Waals surface area contributed by atoms with Crippen molar-refractivity contribution < 1.29 is 17.6 Å². The van der Waals surface area contributed by atoms with Gasteiger partial charge in [0.15, 0.2) is 0 Å². The van der Waals surface area contributed by atoms with Crippen molar-refractivity contribution in [1.82, 2.24) is 0 Å². The van der Waals surface area contributed by atoms with Gasteiger partial charge in [-0.1, -0.05) is 0 Å². The van der Waals surface area contributed by atoms with Crippen LogP contribution < -0.4 is 11.1 Å². The van der Waals surface area contributed by atoms with Crippen molar-refractivity contribution in [2.24, 2.45) is 0 Å². The van der Waals surface area contributed by atoms with Gasteiger partial charge in [-0.25, -0.2) is 4.39 Å². The first-order valence-electron chi connectivity index (χ1n) is 5.74. The molecule has 0 amide bonds. The van der Waals surface area contributed by atoms with Gasteiger partial charge in [-0.05, 0) is 36.4 Å². The Bertz CT molecular complexity index is 717. The average molecular weight is 295 g/mol. The topological polar surface area (TPSA) is 61.8 Å². The lowest BCUT2D eigenvalue weighted by Crippen LogP contribution is -2.06. The smallest absolute Gasteiger partial charge is 0.398 e. The largest absolute Gasteiger partial charge is 0.416 e. The first-order valence-corrected chi connectivity index (χ1v) is 5.74. The molecule has 0 atom stereocenters. The second-order valence-electron chi connectivity index (χ2n) is 4.23. The lowest BCUT2D eigenvalue weighted by Gasteiger charge is -2.12. The van der Waals surface area contributed by atoms with Crippen LogP contribution in [0.2, 0.25) is 0 Å². The first-order chi connectivity index (χ1) is 9.81. The zero-order chi connectivity index (χ0) is 15.6. The lowest BCUT2D eigenvalue weighted by molar-refractivity contribution is -0.137. The summed E-state index contributed by atoms with van der Waals surface area (Å²) in [5, 5.41) is 11.2. The number of anilines is 3. The minimum Gasteiger partial charge on any atom is -0.398 e. The molecule has 0 fully saturated rings. The molecule has 0 unspecified atom stereocenters. The summed E-state index contributed by atoms with van der Waals surface area (Å²) in [6.07, 6.45) is -4.56. The number of alkyl halides is 3. The molecule has 0 aliphatic heterocycles. The van der Waals surface area contributed by atoms with Gasteiger partial charge >= 0.3 is 6.18 Å². The standard InChI is InChI=1S/C14H9F4N3/c15-11-4-2-9(14(16,17)18)5-13(11)21-10-3-1-8(7-19)12(20)6-10/h1-6,21H,20H2. The molecule has 2 aromatic rings. The molecule has 0 aliphatic carbocycles. The fraction of sp³-hybridized carbons (Fsp3) is 0.0714. The minimum absolute atomic E-state index is 0.148. The minimum atomic E-state index is -4.56. The number of nitriles is 1. The van der Waals surface area contributed by atoms with Gasteiger partial charge in [0, 0.05) is 5.69 Å². The lowest BCUT2D eigenvalue weighted by atomic mass is 10.1. The molecular formula is C14H9F4N3. The molecule has 0 radical (unpaired) electrons.